The van der Waals surface area contributed by atoms with Crippen LogP contribution in [0.1, 0.15) is 48.0 Å². The number of anilines is 1. The van der Waals surface area contributed by atoms with Gasteiger partial charge in [0.2, 0.25) is 5.88 Å². The van der Waals surface area contributed by atoms with Crippen molar-refractivity contribution in [2.24, 2.45) is 0 Å². The van der Waals surface area contributed by atoms with Gasteiger partial charge in [-0.15, -0.1) is 0 Å². The molecule has 4 rings (SSSR count). The van der Waals surface area contributed by atoms with E-state index >= 15 is 0 Å². The van der Waals surface area contributed by atoms with Crippen LogP contribution in [0.15, 0.2) is 18.2 Å². The summed E-state index contributed by atoms with van der Waals surface area (Å²) >= 11 is 0. The highest BCUT2D eigenvalue weighted by atomic mass is 16.5. The summed E-state index contributed by atoms with van der Waals surface area (Å²) in [5, 5.41) is 3.07. The van der Waals surface area contributed by atoms with Gasteiger partial charge in [-0.1, -0.05) is 19.1 Å². The lowest BCUT2D eigenvalue weighted by molar-refractivity contribution is 0.101. The highest BCUT2D eigenvalue weighted by Gasteiger charge is 2.27. The summed E-state index contributed by atoms with van der Waals surface area (Å²) in [6.45, 7) is 8.76. The van der Waals surface area contributed by atoms with Crippen LogP contribution in [0.4, 0.5) is 10.5 Å². The number of piperidine rings is 1. The van der Waals surface area contributed by atoms with E-state index in [2.05, 4.69) is 25.2 Å². The molecule has 0 radical (unpaired) electrons. The first-order valence-corrected chi connectivity index (χ1v) is 11.3. The Kier molecular flexibility index (Phi) is 6.70. The van der Waals surface area contributed by atoms with E-state index in [-0.39, 0.29) is 12.1 Å². The molecule has 2 amide bonds. The Morgan fingerprint density at radius 1 is 1.26 bits per heavy atom. The Balaban J connectivity index is 1.47. The number of carbonyl (C=O) groups excluding carboxylic acids is 1. The monoisotopic (exact) mass is 424 g/mol. The number of benzene rings is 1. The third-order valence-electron chi connectivity index (χ3n) is 6.19. The Labute approximate surface area is 184 Å². The summed E-state index contributed by atoms with van der Waals surface area (Å²) in [6, 6.07) is 5.89. The van der Waals surface area contributed by atoms with Crippen molar-refractivity contribution >= 4 is 11.7 Å². The number of carbonyl (C=O) groups is 1. The maximum Gasteiger partial charge on any atom is 0.321 e. The van der Waals surface area contributed by atoms with Crippen LogP contribution in [-0.4, -0.2) is 53.3 Å². The molecule has 7 heteroatoms. The molecule has 1 saturated heterocycles. The van der Waals surface area contributed by atoms with Gasteiger partial charge in [0, 0.05) is 37.1 Å². The van der Waals surface area contributed by atoms with E-state index in [0.29, 0.717) is 25.6 Å². The lowest BCUT2D eigenvalue weighted by atomic mass is 10.1. The molecule has 1 unspecified atom stereocenters. The van der Waals surface area contributed by atoms with Crippen molar-refractivity contribution in [1.82, 2.24) is 14.9 Å². The molecule has 2 aromatic rings. The number of hydrogen-bond donors (Lipinski definition) is 1. The molecular formula is C24H32N4O3. The van der Waals surface area contributed by atoms with Gasteiger partial charge in [-0.3, -0.25) is 0 Å². The fourth-order valence-corrected chi connectivity index (χ4v) is 4.17. The summed E-state index contributed by atoms with van der Waals surface area (Å²) in [5.74, 6) is 1.48. The molecule has 1 atom stereocenters. The first kappa shape index (κ1) is 21.6. The van der Waals surface area contributed by atoms with Gasteiger partial charge in [-0.25, -0.2) is 9.78 Å². The number of ether oxygens (including phenoxy) is 2. The number of hydrogen-bond acceptors (Lipinski definition) is 5. The molecule has 7 nitrogen and oxygen atoms in total. The van der Waals surface area contributed by atoms with E-state index in [0.717, 1.165) is 72.5 Å². The topological polar surface area (TPSA) is 76.6 Å². The average Bonchev–Trinajstić information content (AvgIpc) is 3.02. The number of nitrogens with one attached hydrogen (secondary N) is 1. The van der Waals surface area contributed by atoms with Crippen molar-refractivity contribution in [3.8, 4) is 5.88 Å². The van der Waals surface area contributed by atoms with E-state index in [9.17, 15) is 4.79 Å². The second-order valence-electron chi connectivity index (χ2n) is 8.34. The molecule has 0 bridgehead atoms. The first-order valence-electron chi connectivity index (χ1n) is 11.3. The smallest absolute Gasteiger partial charge is 0.321 e. The minimum atomic E-state index is -0.0778. The SMILES string of the molecule is CCc1nc2c(c(OC3CCCN(C(=O)Nc4cccc(C)c4C)C3)n1)CCOCC2. The maximum atomic E-state index is 12.9. The summed E-state index contributed by atoms with van der Waals surface area (Å²) < 4.78 is 12.0. The molecule has 2 aliphatic rings. The molecule has 0 aliphatic carbocycles. The highest BCUT2D eigenvalue weighted by Crippen LogP contribution is 2.26. The fraction of sp³-hybridized carbons (Fsp3) is 0.542. The average molecular weight is 425 g/mol. The van der Waals surface area contributed by atoms with Crippen molar-refractivity contribution in [3.05, 3.63) is 46.4 Å². The van der Waals surface area contributed by atoms with Gasteiger partial charge >= 0.3 is 6.03 Å². The second kappa shape index (κ2) is 9.64. The van der Waals surface area contributed by atoms with Crippen molar-refractivity contribution in [2.75, 3.05) is 31.6 Å². The van der Waals surface area contributed by atoms with Crippen LogP contribution in [0, 0.1) is 13.8 Å². The van der Waals surface area contributed by atoms with Crippen molar-refractivity contribution in [2.45, 2.75) is 59.0 Å². The van der Waals surface area contributed by atoms with Crippen molar-refractivity contribution in [3.63, 3.8) is 0 Å². The number of rotatable bonds is 4. The maximum absolute atomic E-state index is 12.9. The van der Waals surface area contributed by atoms with Gasteiger partial charge in [0.15, 0.2) is 0 Å². The third-order valence-corrected chi connectivity index (χ3v) is 6.19. The van der Waals surface area contributed by atoms with Crippen LogP contribution in [0.2, 0.25) is 0 Å². The molecule has 1 fully saturated rings. The normalized spacial score (nSPS) is 18.8. The molecule has 2 aliphatic heterocycles. The lowest BCUT2D eigenvalue weighted by Gasteiger charge is -2.33. The van der Waals surface area contributed by atoms with Crippen LogP contribution in [0.5, 0.6) is 5.88 Å². The fourth-order valence-electron chi connectivity index (χ4n) is 4.17. The van der Waals surface area contributed by atoms with Crippen LogP contribution >= 0.6 is 0 Å². The van der Waals surface area contributed by atoms with Crippen LogP contribution in [-0.2, 0) is 24.0 Å². The van der Waals surface area contributed by atoms with E-state index in [1.165, 1.54) is 0 Å². The Bertz CT molecular complexity index is 947. The standard InChI is InChI=1S/C24H32N4O3/c1-4-22-25-21-11-14-30-13-10-19(21)23(27-22)31-18-8-6-12-28(15-18)24(29)26-20-9-5-7-16(2)17(20)3/h5,7,9,18H,4,6,8,10-15H2,1-3H3,(H,26,29). The van der Waals surface area contributed by atoms with Gasteiger partial charge in [0.1, 0.15) is 11.9 Å². The van der Waals surface area contributed by atoms with E-state index in [4.69, 9.17) is 19.4 Å². The number of aryl methyl sites for hydroxylation is 2. The number of urea groups is 1. The van der Waals surface area contributed by atoms with Gasteiger partial charge < -0.3 is 19.7 Å². The molecule has 1 N–H and O–H groups in total. The summed E-state index contributed by atoms with van der Waals surface area (Å²) in [6.07, 6.45) is 4.05. The van der Waals surface area contributed by atoms with Crippen molar-refractivity contribution < 1.29 is 14.3 Å². The number of nitrogens with zero attached hydrogens (tertiary/aromatic N) is 3. The van der Waals surface area contributed by atoms with E-state index in [1.807, 2.05) is 24.0 Å². The Morgan fingerprint density at radius 2 is 2.10 bits per heavy atom. The van der Waals surface area contributed by atoms with Crippen LogP contribution in [0.3, 0.4) is 0 Å². The minimum absolute atomic E-state index is 0.0776. The first-order chi connectivity index (χ1) is 15.0. The van der Waals surface area contributed by atoms with Crippen molar-refractivity contribution in [1.29, 1.82) is 0 Å². The zero-order chi connectivity index (χ0) is 21.8. The molecule has 0 saturated carbocycles. The number of aromatic nitrogens is 2. The molecular weight excluding hydrogens is 392 g/mol. The van der Waals surface area contributed by atoms with E-state index in [1.54, 1.807) is 0 Å². The molecule has 0 spiro atoms. The van der Waals surface area contributed by atoms with E-state index < -0.39 is 0 Å². The molecule has 3 heterocycles. The van der Waals surface area contributed by atoms with Crippen LogP contribution < -0.4 is 10.1 Å². The summed E-state index contributed by atoms with van der Waals surface area (Å²) in [7, 11) is 0. The minimum Gasteiger partial charge on any atom is -0.472 e. The highest BCUT2D eigenvalue weighted by molar-refractivity contribution is 5.90. The quantitative estimate of drug-likeness (QED) is 0.807. The number of likely N-dealkylation sites (tertiary alicyclic amines) is 1. The number of amides is 2. The summed E-state index contributed by atoms with van der Waals surface area (Å²) in [5.41, 5.74) is 5.23. The zero-order valence-corrected chi connectivity index (χ0v) is 18.7. The van der Waals surface area contributed by atoms with Gasteiger partial charge in [0.25, 0.3) is 0 Å². The van der Waals surface area contributed by atoms with Crippen LogP contribution in [0.25, 0.3) is 0 Å². The number of fused-ring (bicyclic) bond motifs is 1. The molecule has 166 valence electrons. The predicted octanol–water partition coefficient (Wildman–Crippen LogP) is 3.85. The molecule has 1 aromatic carbocycles. The third kappa shape index (κ3) is 4.98. The largest absolute Gasteiger partial charge is 0.472 e. The zero-order valence-electron chi connectivity index (χ0n) is 18.7. The second-order valence-corrected chi connectivity index (χ2v) is 8.34. The van der Waals surface area contributed by atoms with Gasteiger partial charge in [0.05, 0.1) is 25.5 Å². The lowest BCUT2D eigenvalue weighted by Crippen LogP contribution is -2.46. The predicted molar refractivity (Wildman–Crippen MR) is 120 cm³/mol. The Morgan fingerprint density at radius 3 is 2.94 bits per heavy atom. The Hall–Kier alpha value is -2.67. The summed E-state index contributed by atoms with van der Waals surface area (Å²) in [4.78, 5) is 24.2. The molecule has 31 heavy (non-hydrogen) atoms. The van der Waals surface area contributed by atoms with Gasteiger partial charge in [-0.2, -0.15) is 4.98 Å². The van der Waals surface area contributed by atoms with Gasteiger partial charge in [-0.05, 0) is 43.9 Å². The molecule has 1 aromatic heterocycles.